The summed E-state index contributed by atoms with van der Waals surface area (Å²) in [6, 6.07) is 14.5. The van der Waals surface area contributed by atoms with Gasteiger partial charge in [-0.2, -0.15) is 0 Å². The van der Waals surface area contributed by atoms with Gasteiger partial charge in [-0.1, -0.05) is 54.4 Å². The summed E-state index contributed by atoms with van der Waals surface area (Å²) in [6.45, 7) is 1.70. The Kier molecular flexibility index (Phi) is 7.04. The number of carbonyl (C=O) groups excluding carboxylic acids is 2. The van der Waals surface area contributed by atoms with Crippen LogP contribution >= 0.6 is 23.2 Å². The summed E-state index contributed by atoms with van der Waals surface area (Å²) in [4.78, 5) is 28.3. The van der Waals surface area contributed by atoms with E-state index in [9.17, 15) is 14.7 Å². The van der Waals surface area contributed by atoms with Gasteiger partial charge in [0, 0.05) is 16.0 Å². The molecule has 176 valence electrons. The van der Waals surface area contributed by atoms with E-state index in [0.29, 0.717) is 16.5 Å². The molecule has 2 aromatic rings. The van der Waals surface area contributed by atoms with Gasteiger partial charge in [-0.3, -0.25) is 9.59 Å². The minimum atomic E-state index is -0.967. The number of rotatable bonds is 7. The Morgan fingerprint density at radius 1 is 1.15 bits per heavy atom. The van der Waals surface area contributed by atoms with Gasteiger partial charge in [0.25, 0.3) is 0 Å². The van der Waals surface area contributed by atoms with Crippen molar-refractivity contribution in [3.63, 3.8) is 0 Å². The van der Waals surface area contributed by atoms with E-state index in [1.54, 1.807) is 0 Å². The lowest BCUT2D eigenvalue weighted by atomic mass is 9.67. The molecule has 1 heterocycles. The van der Waals surface area contributed by atoms with Gasteiger partial charge in [0.1, 0.15) is 0 Å². The van der Waals surface area contributed by atoms with Gasteiger partial charge in [-0.25, -0.2) is 0 Å². The summed E-state index contributed by atoms with van der Waals surface area (Å²) in [5.41, 5.74) is 0.964. The number of esters is 1. The molecule has 2 aromatic carbocycles. The highest BCUT2D eigenvalue weighted by Gasteiger charge is 2.54. The van der Waals surface area contributed by atoms with Crippen LogP contribution in [0.1, 0.15) is 55.7 Å². The van der Waals surface area contributed by atoms with Gasteiger partial charge < -0.3 is 14.7 Å². The molecule has 0 aromatic heterocycles. The second kappa shape index (κ2) is 9.65. The first kappa shape index (κ1) is 24.1. The van der Waals surface area contributed by atoms with Crippen LogP contribution in [0.5, 0.6) is 0 Å². The van der Waals surface area contributed by atoms with E-state index in [1.165, 1.54) is 7.11 Å². The molecule has 0 radical (unpaired) electrons. The van der Waals surface area contributed by atoms with Gasteiger partial charge in [0.2, 0.25) is 5.91 Å². The maximum Gasteiger partial charge on any atom is 0.306 e. The van der Waals surface area contributed by atoms with E-state index < -0.39 is 11.4 Å². The zero-order valence-electron chi connectivity index (χ0n) is 18.8. The fraction of sp³-hybridized carbons (Fsp3) is 0.462. The average molecular weight is 490 g/mol. The number of likely N-dealkylation sites (tertiary alicyclic amines) is 1. The second-order valence-electron chi connectivity index (χ2n) is 9.48. The third-order valence-corrected chi connectivity index (χ3v) is 7.55. The predicted octanol–water partition coefficient (Wildman–Crippen LogP) is 5.39. The molecule has 1 saturated heterocycles. The molecule has 0 bridgehead atoms. The highest BCUT2D eigenvalue weighted by atomic mass is 35.5. The van der Waals surface area contributed by atoms with Gasteiger partial charge >= 0.3 is 5.97 Å². The number of aliphatic hydroxyl groups excluding tert-OH is 1. The fourth-order valence-electron chi connectivity index (χ4n) is 5.25. The Morgan fingerprint density at radius 3 is 2.42 bits per heavy atom. The van der Waals surface area contributed by atoms with Gasteiger partial charge in [-0.05, 0) is 60.6 Å². The smallest absolute Gasteiger partial charge is 0.306 e. The number of hydrogen-bond acceptors (Lipinski definition) is 4. The van der Waals surface area contributed by atoms with Crippen LogP contribution in [-0.2, 0) is 14.3 Å². The molecule has 1 N–H and O–H groups in total. The van der Waals surface area contributed by atoms with Crippen LogP contribution in [0.2, 0.25) is 10.0 Å². The Hall–Kier alpha value is -2.08. The Labute approximate surface area is 204 Å². The molecule has 1 unspecified atom stereocenters. The number of halogens is 2. The SMILES string of the molecule is COC(=O)C[C@@]1(C)C[C@H](c2cccc(Cl)c2)C(c2ccc(Cl)cc2)N([C@H](CO)C2CC2)C1=O. The Bertz CT molecular complexity index is 1020. The molecule has 4 atom stereocenters. The molecule has 1 saturated carbocycles. The molecule has 7 heteroatoms. The molecule has 1 amide bonds. The van der Waals surface area contributed by atoms with Gasteiger partial charge in [-0.15, -0.1) is 0 Å². The predicted molar refractivity (Wildman–Crippen MR) is 128 cm³/mol. The van der Waals surface area contributed by atoms with Crippen molar-refractivity contribution in [1.29, 1.82) is 0 Å². The minimum Gasteiger partial charge on any atom is -0.469 e. The van der Waals surface area contributed by atoms with Crippen LogP contribution in [0.15, 0.2) is 48.5 Å². The summed E-state index contributed by atoms with van der Waals surface area (Å²) in [6.07, 6.45) is 2.37. The highest BCUT2D eigenvalue weighted by molar-refractivity contribution is 6.30. The van der Waals surface area contributed by atoms with Crippen LogP contribution in [0.25, 0.3) is 0 Å². The Morgan fingerprint density at radius 2 is 1.85 bits per heavy atom. The molecule has 2 fully saturated rings. The van der Waals surface area contributed by atoms with Crippen molar-refractivity contribution in [3.8, 4) is 0 Å². The normalized spacial score (nSPS) is 26.2. The molecular formula is C26H29Cl2NO4. The van der Waals surface area contributed by atoms with Crippen LogP contribution in [0, 0.1) is 11.3 Å². The summed E-state index contributed by atoms with van der Waals surface area (Å²) in [7, 11) is 1.34. The maximum absolute atomic E-state index is 14.1. The van der Waals surface area contributed by atoms with E-state index in [1.807, 2.05) is 60.4 Å². The highest BCUT2D eigenvalue weighted by Crippen LogP contribution is 2.54. The summed E-state index contributed by atoms with van der Waals surface area (Å²) < 4.78 is 4.94. The molecule has 2 aliphatic rings. The van der Waals surface area contributed by atoms with Crippen molar-refractivity contribution in [3.05, 3.63) is 69.7 Å². The number of ether oxygens (including phenoxy) is 1. The quantitative estimate of drug-likeness (QED) is 0.529. The van der Waals surface area contributed by atoms with Crippen LogP contribution < -0.4 is 0 Å². The van der Waals surface area contributed by atoms with E-state index >= 15 is 0 Å². The third kappa shape index (κ3) is 4.91. The summed E-state index contributed by atoms with van der Waals surface area (Å²) in [5, 5.41) is 11.6. The zero-order chi connectivity index (χ0) is 23.8. The van der Waals surface area contributed by atoms with Gasteiger partial charge in [0.05, 0.1) is 37.6 Å². The first-order valence-electron chi connectivity index (χ1n) is 11.3. The summed E-state index contributed by atoms with van der Waals surface area (Å²) >= 11 is 12.5. The lowest BCUT2D eigenvalue weighted by Gasteiger charge is -2.52. The minimum absolute atomic E-state index is 0.0218. The molecule has 1 aliphatic heterocycles. The number of piperidine rings is 1. The molecule has 1 aliphatic carbocycles. The van der Waals surface area contributed by atoms with Crippen LogP contribution in [0.3, 0.4) is 0 Å². The van der Waals surface area contributed by atoms with Gasteiger partial charge in [0.15, 0.2) is 0 Å². The lowest BCUT2D eigenvalue weighted by Crippen LogP contribution is -2.57. The van der Waals surface area contributed by atoms with Crippen LogP contribution in [0.4, 0.5) is 0 Å². The van der Waals surface area contributed by atoms with Crippen LogP contribution in [-0.4, -0.2) is 41.6 Å². The number of carbonyl (C=O) groups is 2. The number of aliphatic hydroxyl groups is 1. The Balaban J connectivity index is 1.88. The van der Waals surface area contributed by atoms with E-state index in [4.69, 9.17) is 27.9 Å². The fourth-order valence-corrected chi connectivity index (χ4v) is 5.57. The number of nitrogens with zero attached hydrogens (tertiary/aromatic N) is 1. The lowest BCUT2D eigenvalue weighted by molar-refractivity contribution is -0.163. The van der Waals surface area contributed by atoms with Crippen molar-refractivity contribution >= 4 is 35.1 Å². The van der Waals surface area contributed by atoms with E-state index in [-0.39, 0.29) is 42.9 Å². The second-order valence-corrected chi connectivity index (χ2v) is 10.3. The number of hydrogen-bond donors (Lipinski definition) is 1. The standard InChI is InChI=1S/C26H29Cl2NO4/c1-26(14-23(31)33-2)13-21(18-4-3-5-20(28)12-18)24(17-8-10-19(27)11-9-17)29(25(26)32)22(15-30)16-6-7-16/h3-5,8-12,16,21-22,24,30H,6-7,13-15H2,1-2H3/t21-,22-,24?,26-/m1/s1. The van der Waals surface area contributed by atoms with E-state index in [0.717, 1.165) is 24.0 Å². The molecule has 33 heavy (non-hydrogen) atoms. The summed E-state index contributed by atoms with van der Waals surface area (Å²) in [5.74, 6) is -0.441. The monoisotopic (exact) mass is 489 g/mol. The maximum atomic E-state index is 14.1. The molecular weight excluding hydrogens is 461 g/mol. The number of amides is 1. The van der Waals surface area contributed by atoms with E-state index in [2.05, 4.69) is 0 Å². The van der Waals surface area contributed by atoms with Crippen molar-refractivity contribution in [1.82, 2.24) is 4.90 Å². The zero-order valence-corrected chi connectivity index (χ0v) is 20.4. The largest absolute Gasteiger partial charge is 0.469 e. The topological polar surface area (TPSA) is 66.8 Å². The first-order valence-corrected chi connectivity index (χ1v) is 12.0. The van der Waals surface area contributed by atoms with Crippen molar-refractivity contribution in [2.24, 2.45) is 11.3 Å². The van der Waals surface area contributed by atoms with Crippen molar-refractivity contribution in [2.75, 3.05) is 13.7 Å². The number of methoxy groups -OCH3 is 1. The first-order chi connectivity index (χ1) is 15.8. The molecule has 5 nitrogen and oxygen atoms in total. The molecule has 0 spiro atoms. The third-order valence-electron chi connectivity index (χ3n) is 7.06. The number of benzene rings is 2. The van der Waals surface area contributed by atoms with Crippen molar-refractivity contribution < 1.29 is 19.4 Å². The molecule has 4 rings (SSSR count). The van der Waals surface area contributed by atoms with Crippen molar-refractivity contribution in [2.45, 2.75) is 50.6 Å². The average Bonchev–Trinajstić information content (AvgIpc) is 3.63.